The van der Waals surface area contributed by atoms with Crippen molar-refractivity contribution < 1.29 is 0 Å². The maximum Gasteiger partial charge on any atom is 0.133 e. The minimum Gasteiger partial charge on any atom is -0.330 e. The van der Waals surface area contributed by atoms with E-state index in [1.54, 1.807) is 22.7 Å². The van der Waals surface area contributed by atoms with Crippen molar-refractivity contribution in [3.63, 3.8) is 0 Å². The highest BCUT2D eigenvalue weighted by Crippen LogP contribution is 2.35. The second-order valence-corrected chi connectivity index (χ2v) is 6.64. The number of aryl methyl sites for hydroxylation is 1. The normalized spacial score (nSPS) is 12.0. The fourth-order valence-corrected chi connectivity index (χ4v) is 3.52. The molecule has 0 aliphatic carbocycles. The molecular formula is C12H16N2S2. The van der Waals surface area contributed by atoms with Gasteiger partial charge in [-0.05, 0) is 18.4 Å². The Labute approximate surface area is 104 Å². The Bertz CT molecular complexity index is 469. The summed E-state index contributed by atoms with van der Waals surface area (Å²) in [6.07, 6.45) is 0. The van der Waals surface area contributed by atoms with Crippen molar-refractivity contribution >= 4 is 22.7 Å². The lowest BCUT2D eigenvalue weighted by atomic mass is 9.89. The molecule has 0 unspecified atom stereocenters. The number of hydrogen-bond acceptors (Lipinski definition) is 4. The summed E-state index contributed by atoms with van der Waals surface area (Å²) in [5, 5.41) is 3.20. The van der Waals surface area contributed by atoms with E-state index in [2.05, 4.69) is 38.3 Å². The van der Waals surface area contributed by atoms with Crippen LogP contribution in [0.2, 0.25) is 0 Å². The van der Waals surface area contributed by atoms with Crippen LogP contribution in [0.15, 0.2) is 17.5 Å². The summed E-state index contributed by atoms with van der Waals surface area (Å²) < 4.78 is 0. The quantitative estimate of drug-likeness (QED) is 0.909. The highest BCUT2D eigenvalue weighted by molar-refractivity contribution is 7.21. The molecule has 0 aliphatic heterocycles. The number of hydrogen-bond donors (Lipinski definition) is 1. The van der Waals surface area contributed by atoms with Crippen molar-refractivity contribution in [3.8, 4) is 9.88 Å². The van der Waals surface area contributed by atoms with E-state index in [9.17, 15) is 0 Å². The van der Waals surface area contributed by atoms with E-state index in [1.165, 1.54) is 9.75 Å². The first-order valence-electron chi connectivity index (χ1n) is 5.26. The van der Waals surface area contributed by atoms with Gasteiger partial charge in [-0.2, -0.15) is 0 Å². The van der Waals surface area contributed by atoms with Crippen LogP contribution in [0.25, 0.3) is 9.88 Å². The van der Waals surface area contributed by atoms with E-state index in [-0.39, 0.29) is 5.41 Å². The molecule has 86 valence electrons. The first-order chi connectivity index (χ1) is 7.54. The number of rotatable bonds is 3. The van der Waals surface area contributed by atoms with E-state index in [0.29, 0.717) is 6.54 Å². The number of nitrogens with two attached hydrogens (primary N) is 1. The molecule has 4 heteroatoms. The van der Waals surface area contributed by atoms with Gasteiger partial charge in [-0.15, -0.1) is 22.7 Å². The van der Waals surface area contributed by atoms with Crippen LogP contribution in [0.4, 0.5) is 0 Å². The number of thiophene rings is 1. The third-order valence-corrected chi connectivity index (χ3v) is 4.69. The predicted octanol–water partition coefficient (Wildman–Crippen LogP) is 3.42. The molecule has 2 N–H and O–H groups in total. The SMILES string of the molecule is Cc1sc(-c2cccs2)nc1C(C)(C)CN. The Morgan fingerprint density at radius 1 is 1.44 bits per heavy atom. The minimum atomic E-state index is -0.0317. The van der Waals surface area contributed by atoms with Gasteiger partial charge in [0.2, 0.25) is 0 Å². The summed E-state index contributed by atoms with van der Waals surface area (Å²) in [7, 11) is 0. The van der Waals surface area contributed by atoms with Gasteiger partial charge in [0.05, 0.1) is 10.6 Å². The number of thiazole rings is 1. The average Bonchev–Trinajstić information content (AvgIpc) is 2.85. The fraction of sp³-hybridized carbons (Fsp3) is 0.417. The van der Waals surface area contributed by atoms with Crippen molar-refractivity contribution in [2.75, 3.05) is 6.54 Å². The van der Waals surface area contributed by atoms with Gasteiger partial charge in [-0.1, -0.05) is 19.9 Å². The molecule has 0 bridgehead atoms. The van der Waals surface area contributed by atoms with Crippen molar-refractivity contribution in [3.05, 3.63) is 28.1 Å². The van der Waals surface area contributed by atoms with Crippen molar-refractivity contribution in [1.29, 1.82) is 0 Å². The highest BCUT2D eigenvalue weighted by atomic mass is 32.1. The van der Waals surface area contributed by atoms with Crippen LogP contribution in [0.1, 0.15) is 24.4 Å². The van der Waals surface area contributed by atoms with Crippen LogP contribution in [0.3, 0.4) is 0 Å². The molecule has 0 spiro atoms. The maximum atomic E-state index is 5.80. The summed E-state index contributed by atoms with van der Waals surface area (Å²) in [5.41, 5.74) is 6.91. The lowest BCUT2D eigenvalue weighted by Crippen LogP contribution is -2.29. The Morgan fingerprint density at radius 3 is 2.75 bits per heavy atom. The second kappa shape index (κ2) is 4.28. The molecule has 2 nitrogen and oxygen atoms in total. The van der Waals surface area contributed by atoms with Crippen LogP contribution >= 0.6 is 22.7 Å². The molecule has 2 heterocycles. The molecule has 0 aromatic carbocycles. The van der Waals surface area contributed by atoms with Crippen molar-refractivity contribution in [2.45, 2.75) is 26.2 Å². The van der Waals surface area contributed by atoms with Gasteiger partial charge in [0.15, 0.2) is 0 Å². The van der Waals surface area contributed by atoms with E-state index >= 15 is 0 Å². The van der Waals surface area contributed by atoms with Gasteiger partial charge in [0, 0.05) is 16.8 Å². The van der Waals surface area contributed by atoms with E-state index in [4.69, 9.17) is 10.7 Å². The molecular weight excluding hydrogens is 236 g/mol. The average molecular weight is 252 g/mol. The van der Waals surface area contributed by atoms with Gasteiger partial charge in [0.1, 0.15) is 5.01 Å². The molecule has 0 atom stereocenters. The fourth-order valence-electron chi connectivity index (χ4n) is 1.63. The zero-order valence-electron chi connectivity index (χ0n) is 9.78. The molecule has 2 aromatic rings. The molecule has 16 heavy (non-hydrogen) atoms. The number of aromatic nitrogens is 1. The van der Waals surface area contributed by atoms with Crippen molar-refractivity contribution in [1.82, 2.24) is 4.98 Å². The topological polar surface area (TPSA) is 38.9 Å². The lowest BCUT2D eigenvalue weighted by Gasteiger charge is -2.20. The zero-order valence-corrected chi connectivity index (χ0v) is 11.4. The van der Waals surface area contributed by atoms with Gasteiger partial charge in [0.25, 0.3) is 0 Å². The maximum absolute atomic E-state index is 5.80. The lowest BCUT2D eigenvalue weighted by molar-refractivity contribution is 0.522. The first kappa shape index (κ1) is 11.8. The second-order valence-electron chi connectivity index (χ2n) is 4.49. The summed E-state index contributed by atoms with van der Waals surface area (Å²) in [5.74, 6) is 0. The zero-order chi connectivity index (χ0) is 11.8. The van der Waals surface area contributed by atoms with Gasteiger partial charge in [-0.3, -0.25) is 0 Å². The molecule has 0 fully saturated rings. The summed E-state index contributed by atoms with van der Waals surface area (Å²) >= 11 is 3.49. The minimum absolute atomic E-state index is 0.0317. The van der Waals surface area contributed by atoms with E-state index in [0.717, 1.165) is 10.7 Å². The summed E-state index contributed by atoms with van der Waals surface area (Å²) in [4.78, 5) is 7.26. The van der Waals surface area contributed by atoms with Crippen LogP contribution in [-0.2, 0) is 5.41 Å². The molecule has 0 saturated carbocycles. The molecule has 2 aromatic heterocycles. The van der Waals surface area contributed by atoms with E-state index in [1.807, 2.05) is 0 Å². The summed E-state index contributed by atoms with van der Waals surface area (Å²) in [6, 6.07) is 4.17. The largest absolute Gasteiger partial charge is 0.330 e. The molecule has 0 radical (unpaired) electrons. The van der Waals surface area contributed by atoms with E-state index < -0.39 is 0 Å². The van der Waals surface area contributed by atoms with Gasteiger partial charge < -0.3 is 5.73 Å². The van der Waals surface area contributed by atoms with Crippen molar-refractivity contribution in [2.24, 2.45) is 5.73 Å². The van der Waals surface area contributed by atoms with Crippen LogP contribution < -0.4 is 5.73 Å². The van der Waals surface area contributed by atoms with Crippen LogP contribution in [0, 0.1) is 6.92 Å². The monoisotopic (exact) mass is 252 g/mol. The van der Waals surface area contributed by atoms with Gasteiger partial charge in [-0.25, -0.2) is 4.98 Å². The third-order valence-electron chi connectivity index (χ3n) is 2.68. The molecule has 0 aliphatic rings. The Morgan fingerprint density at radius 2 is 2.19 bits per heavy atom. The first-order valence-corrected chi connectivity index (χ1v) is 6.96. The Hall–Kier alpha value is -0.710. The van der Waals surface area contributed by atoms with Crippen LogP contribution in [-0.4, -0.2) is 11.5 Å². The predicted molar refractivity (Wildman–Crippen MR) is 72.2 cm³/mol. The van der Waals surface area contributed by atoms with Gasteiger partial charge >= 0.3 is 0 Å². The molecule has 2 rings (SSSR count). The third kappa shape index (κ3) is 2.05. The molecule has 0 amide bonds. The summed E-state index contributed by atoms with van der Waals surface area (Å²) in [6.45, 7) is 7.05. The highest BCUT2D eigenvalue weighted by Gasteiger charge is 2.25. The Balaban J connectivity index is 2.44. The number of nitrogens with zero attached hydrogens (tertiary/aromatic N) is 1. The smallest absolute Gasteiger partial charge is 0.133 e. The standard InChI is InChI=1S/C12H16N2S2/c1-8-10(12(2,3)7-13)14-11(16-8)9-5-4-6-15-9/h4-6H,7,13H2,1-3H3. The Kier molecular flexibility index (Phi) is 3.15. The molecule has 0 saturated heterocycles. The van der Waals surface area contributed by atoms with Crippen LogP contribution in [0.5, 0.6) is 0 Å².